The van der Waals surface area contributed by atoms with Crippen molar-refractivity contribution >= 4 is 11.9 Å². The van der Waals surface area contributed by atoms with Crippen LogP contribution in [0.4, 0.5) is 0 Å². The van der Waals surface area contributed by atoms with Gasteiger partial charge in [-0.1, -0.05) is 60.3 Å². The molecule has 0 atom stereocenters. The summed E-state index contributed by atoms with van der Waals surface area (Å²) in [6, 6.07) is 3.98. The maximum atomic E-state index is 13.2. The lowest BCUT2D eigenvalue weighted by Gasteiger charge is -2.28. The predicted molar refractivity (Wildman–Crippen MR) is 157 cm³/mol. The fraction of sp³-hybridized carbons (Fsp3) is 0.529. The van der Waals surface area contributed by atoms with Gasteiger partial charge >= 0.3 is 11.5 Å². The number of ketones is 1. The van der Waals surface area contributed by atoms with E-state index in [-0.39, 0.29) is 22.4 Å². The highest BCUT2D eigenvalue weighted by Crippen LogP contribution is 2.37. The van der Waals surface area contributed by atoms with E-state index in [0.717, 1.165) is 85.5 Å². The summed E-state index contributed by atoms with van der Waals surface area (Å²) < 4.78 is 12.4. The Bertz CT molecular complexity index is 1190. The Hall–Kier alpha value is -2.88. The molecule has 0 amide bonds. The van der Waals surface area contributed by atoms with Crippen LogP contribution in [-0.2, 0) is 21.4 Å². The van der Waals surface area contributed by atoms with Crippen molar-refractivity contribution < 1.29 is 19.1 Å². The molecule has 38 heavy (non-hydrogen) atoms. The first kappa shape index (κ1) is 29.7. The maximum Gasteiger partial charge on any atom is 0.335 e. The van der Waals surface area contributed by atoms with E-state index in [9.17, 15) is 9.90 Å². The van der Waals surface area contributed by atoms with Gasteiger partial charge in [-0.3, -0.25) is 4.79 Å². The van der Waals surface area contributed by atoms with Crippen molar-refractivity contribution in [2.24, 2.45) is 5.41 Å². The van der Waals surface area contributed by atoms with Crippen molar-refractivity contribution in [2.75, 3.05) is 0 Å². The molecular formula is C34H47O4+. The summed E-state index contributed by atoms with van der Waals surface area (Å²) in [5, 5.41) is 10.9. The quantitative estimate of drug-likeness (QED) is 0.190. The van der Waals surface area contributed by atoms with Crippen LogP contribution in [0, 0.1) is 5.41 Å². The molecule has 3 rings (SSSR count). The Balaban J connectivity index is 1.94. The lowest BCUT2D eigenvalue weighted by atomic mass is 9.84. The third-order valence-corrected chi connectivity index (χ3v) is 6.89. The van der Waals surface area contributed by atoms with E-state index >= 15 is 0 Å². The minimum atomic E-state index is -0.160. The van der Waals surface area contributed by atoms with Crippen molar-refractivity contribution in [3.63, 3.8) is 0 Å². The topological polar surface area (TPSA) is 57.8 Å². The Morgan fingerprint density at radius 1 is 0.868 bits per heavy atom. The van der Waals surface area contributed by atoms with E-state index in [2.05, 4.69) is 55.4 Å². The van der Waals surface area contributed by atoms with Crippen LogP contribution >= 0.6 is 0 Å². The number of rotatable bonds is 10. The summed E-state index contributed by atoms with van der Waals surface area (Å²) in [6.07, 6.45) is 16.0. The molecule has 0 radical (unpaired) electrons. The lowest BCUT2D eigenvalue weighted by molar-refractivity contribution is -0.113. The number of carbonyl (C=O) groups is 1. The van der Waals surface area contributed by atoms with Gasteiger partial charge in [0.25, 0.3) is 0 Å². The average Bonchev–Trinajstić information content (AvgIpc) is 2.85. The zero-order chi connectivity index (χ0) is 28.1. The van der Waals surface area contributed by atoms with Gasteiger partial charge in [0, 0.05) is 24.0 Å². The second-order valence-corrected chi connectivity index (χ2v) is 12.7. The molecule has 0 aromatic carbocycles. The largest absolute Gasteiger partial charge is 0.506 e. The van der Waals surface area contributed by atoms with E-state index in [1.54, 1.807) is 12.2 Å². The highest BCUT2D eigenvalue weighted by Gasteiger charge is 2.34. The molecule has 4 heteroatoms. The van der Waals surface area contributed by atoms with E-state index in [1.165, 1.54) is 0 Å². The van der Waals surface area contributed by atoms with Crippen molar-refractivity contribution in [1.29, 1.82) is 0 Å². The Morgan fingerprint density at radius 3 is 2.11 bits per heavy atom. The standard InChI is InChI=1S/C34H46O4/c1-9-11-13-15-25-17-23(21-29(37-25)33(3,4)5)19-27-31(35)28(32(27)36)20-24-18-26(16-14-12-10-2)38-30(22-24)34(6,7)8/h17-22H,9-16H2,1-8H3/p+1. The van der Waals surface area contributed by atoms with Gasteiger partial charge in [0.05, 0.1) is 23.0 Å². The van der Waals surface area contributed by atoms with Crippen LogP contribution in [0.5, 0.6) is 0 Å². The highest BCUT2D eigenvalue weighted by molar-refractivity contribution is 6.23. The molecule has 206 valence electrons. The monoisotopic (exact) mass is 519 g/mol. The first-order chi connectivity index (χ1) is 17.8. The number of hydrogen-bond donors (Lipinski definition) is 1. The van der Waals surface area contributed by atoms with Crippen LogP contribution in [0.25, 0.3) is 6.08 Å². The number of allylic oxidation sites excluding steroid dienone is 8. The molecule has 0 fully saturated rings. The van der Waals surface area contributed by atoms with Crippen LogP contribution in [0.1, 0.15) is 117 Å². The highest BCUT2D eigenvalue weighted by atomic mass is 16.5. The molecule has 0 unspecified atom stereocenters. The third-order valence-electron chi connectivity index (χ3n) is 6.89. The van der Waals surface area contributed by atoms with Crippen LogP contribution in [-0.4, -0.2) is 10.9 Å². The van der Waals surface area contributed by atoms with Crippen LogP contribution < -0.4 is 0 Å². The fourth-order valence-corrected chi connectivity index (χ4v) is 4.45. The van der Waals surface area contributed by atoms with Crippen molar-refractivity contribution in [1.82, 2.24) is 0 Å². The third kappa shape index (κ3) is 7.58. The molecule has 0 spiro atoms. The molecule has 1 aromatic rings. The summed E-state index contributed by atoms with van der Waals surface area (Å²) in [6.45, 7) is 17.1. The van der Waals surface area contributed by atoms with E-state index in [1.807, 2.05) is 24.3 Å². The lowest BCUT2D eigenvalue weighted by Crippen LogP contribution is -2.21. The van der Waals surface area contributed by atoms with Crippen LogP contribution in [0.2, 0.25) is 0 Å². The Labute approximate surface area is 229 Å². The van der Waals surface area contributed by atoms with Gasteiger partial charge in [0.2, 0.25) is 5.78 Å². The number of unbranched alkanes of at least 4 members (excludes halogenated alkanes) is 4. The van der Waals surface area contributed by atoms with E-state index in [4.69, 9.17) is 9.15 Å². The van der Waals surface area contributed by atoms with Crippen LogP contribution in [0.15, 0.2) is 68.8 Å². The summed E-state index contributed by atoms with van der Waals surface area (Å²) >= 11 is 0. The fourth-order valence-electron chi connectivity index (χ4n) is 4.45. The van der Waals surface area contributed by atoms with Gasteiger partial charge in [-0.25, -0.2) is 4.42 Å². The molecule has 0 saturated heterocycles. The molecule has 2 aliphatic rings. The number of aliphatic hydroxyl groups excluding tert-OH is 1. The molecule has 1 aliphatic heterocycles. The molecule has 1 aliphatic carbocycles. The second-order valence-electron chi connectivity index (χ2n) is 12.7. The van der Waals surface area contributed by atoms with Gasteiger partial charge in [0.15, 0.2) is 0 Å². The van der Waals surface area contributed by atoms with Gasteiger partial charge in [0.1, 0.15) is 17.3 Å². The van der Waals surface area contributed by atoms with E-state index in [0.29, 0.717) is 11.1 Å². The second kappa shape index (κ2) is 12.3. The minimum Gasteiger partial charge on any atom is -0.506 e. The Morgan fingerprint density at radius 2 is 1.53 bits per heavy atom. The zero-order valence-corrected chi connectivity index (χ0v) is 24.8. The summed E-state index contributed by atoms with van der Waals surface area (Å²) in [7, 11) is 0. The number of aryl methyl sites for hydroxylation is 1. The van der Waals surface area contributed by atoms with Crippen LogP contribution in [0.3, 0.4) is 0 Å². The SMILES string of the molecule is CCCCCC1=C/C(=C/C2=C(O)C(=C/c3cc(CCCCC)[o+]c(C(C)(C)C)c3)/C2=O)C=C(C(C)(C)C)O1. The van der Waals surface area contributed by atoms with Gasteiger partial charge in [-0.05, 0) is 69.1 Å². The zero-order valence-electron chi connectivity index (χ0n) is 24.8. The molecule has 0 bridgehead atoms. The minimum absolute atomic E-state index is 0.0475. The van der Waals surface area contributed by atoms with E-state index < -0.39 is 0 Å². The summed E-state index contributed by atoms with van der Waals surface area (Å²) in [5.74, 6) is 3.48. The number of aliphatic hydroxyl groups is 1. The van der Waals surface area contributed by atoms with Gasteiger partial charge < -0.3 is 9.84 Å². The Kier molecular flexibility index (Phi) is 9.62. The number of ether oxygens (including phenoxy) is 1. The van der Waals surface area contributed by atoms with Crippen molar-refractivity contribution in [2.45, 2.75) is 112 Å². The molecular weight excluding hydrogens is 472 g/mol. The molecule has 1 N–H and O–H groups in total. The normalized spacial score (nSPS) is 18.5. The molecule has 4 nitrogen and oxygen atoms in total. The van der Waals surface area contributed by atoms with Gasteiger partial charge in [-0.15, -0.1) is 0 Å². The summed E-state index contributed by atoms with van der Waals surface area (Å²) in [5.41, 5.74) is 2.14. The number of carbonyl (C=O) groups excluding carboxylic acids is 1. The molecule has 0 saturated carbocycles. The average molecular weight is 520 g/mol. The first-order valence-electron chi connectivity index (χ1n) is 14.3. The number of hydrogen-bond acceptors (Lipinski definition) is 3. The predicted octanol–water partition coefficient (Wildman–Crippen LogP) is 9.72. The van der Waals surface area contributed by atoms with Crippen molar-refractivity contribution in [3.8, 4) is 0 Å². The van der Waals surface area contributed by atoms with Gasteiger partial charge in [-0.2, -0.15) is 0 Å². The first-order valence-corrected chi connectivity index (χ1v) is 14.3. The summed E-state index contributed by atoms with van der Waals surface area (Å²) in [4.78, 5) is 13.2. The number of Topliss-reactive ketones (excluding diaryl/α,β-unsaturated/α-hetero) is 1. The molecule has 2 heterocycles. The maximum absolute atomic E-state index is 13.2. The van der Waals surface area contributed by atoms with Crippen molar-refractivity contribution in [3.05, 3.63) is 81.4 Å². The smallest absolute Gasteiger partial charge is 0.335 e. The molecule has 1 aromatic heterocycles.